The Morgan fingerprint density at radius 2 is 1.73 bits per heavy atom. The highest BCUT2D eigenvalue weighted by Crippen LogP contribution is 2.28. The van der Waals surface area contributed by atoms with Crippen LogP contribution in [0.25, 0.3) is 0 Å². The van der Waals surface area contributed by atoms with Gasteiger partial charge in [0.1, 0.15) is 0 Å². The first-order valence-corrected chi connectivity index (χ1v) is 7.23. The Balaban J connectivity index is 2.85. The van der Waals surface area contributed by atoms with Gasteiger partial charge in [0, 0.05) is 0 Å². The second kappa shape index (κ2) is 4.98. The van der Waals surface area contributed by atoms with Gasteiger partial charge in [-0.05, 0) is 18.8 Å². The van der Waals surface area contributed by atoms with E-state index >= 15 is 0 Å². The number of sulfone groups is 1. The first-order chi connectivity index (χ1) is 7.00. The van der Waals surface area contributed by atoms with Gasteiger partial charge >= 0.3 is 0 Å². The fourth-order valence-corrected chi connectivity index (χ4v) is 4.51. The highest BCUT2D eigenvalue weighted by atomic mass is 32.2. The summed E-state index contributed by atoms with van der Waals surface area (Å²) in [6, 6.07) is 1.95. The van der Waals surface area contributed by atoms with Crippen molar-refractivity contribution < 1.29 is 8.42 Å². The van der Waals surface area contributed by atoms with E-state index in [0.29, 0.717) is 0 Å². The van der Waals surface area contributed by atoms with Crippen LogP contribution in [0.5, 0.6) is 0 Å². The Hall–Kier alpha value is -0.560. The second-order valence-corrected chi connectivity index (χ2v) is 7.00. The van der Waals surface area contributed by atoms with Crippen LogP contribution in [0.2, 0.25) is 0 Å². The zero-order valence-corrected chi connectivity index (χ0v) is 10.3. The number of nitriles is 1. The van der Waals surface area contributed by atoms with Crippen LogP contribution in [0.4, 0.5) is 0 Å². The summed E-state index contributed by atoms with van der Waals surface area (Å²) in [7, 11) is -3.23. The first kappa shape index (κ1) is 12.5. The van der Waals surface area contributed by atoms with Crippen LogP contribution in [0.1, 0.15) is 46.0 Å². The molecule has 86 valence electrons. The standard InChI is InChI=1S/C11H19NO2S/c1-9(2)11(8-12)15(13,14)10-6-4-3-5-7-10/h9-11H,3-7H2,1-2H3. The van der Waals surface area contributed by atoms with Gasteiger partial charge in [-0.25, -0.2) is 8.42 Å². The zero-order chi connectivity index (χ0) is 11.5. The van der Waals surface area contributed by atoms with Crippen LogP contribution >= 0.6 is 0 Å². The minimum absolute atomic E-state index is 0.109. The van der Waals surface area contributed by atoms with E-state index in [1.807, 2.05) is 6.07 Å². The van der Waals surface area contributed by atoms with Gasteiger partial charge in [-0.2, -0.15) is 5.26 Å². The molecule has 0 heterocycles. The lowest BCUT2D eigenvalue weighted by molar-refractivity contribution is 0.474. The average Bonchev–Trinajstić information content (AvgIpc) is 2.19. The number of hydrogen-bond acceptors (Lipinski definition) is 3. The van der Waals surface area contributed by atoms with Gasteiger partial charge in [-0.15, -0.1) is 0 Å². The molecule has 0 aromatic rings. The highest BCUT2D eigenvalue weighted by Gasteiger charge is 2.36. The maximum Gasteiger partial charge on any atom is 0.169 e. The minimum atomic E-state index is -3.23. The smallest absolute Gasteiger partial charge is 0.169 e. The van der Waals surface area contributed by atoms with Crippen molar-refractivity contribution in [3.8, 4) is 6.07 Å². The third-order valence-corrected chi connectivity index (χ3v) is 5.86. The molecular formula is C11H19NO2S. The van der Waals surface area contributed by atoms with Gasteiger partial charge in [0.15, 0.2) is 15.1 Å². The van der Waals surface area contributed by atoms with Gasteiger partial charge in [-0.3, -0.25) is 0 Å². The first-order valence-electron chi connectivity index (χ1n) is 5.62. The molecule has 0 amide bonds. The van der Waals surface area contributed by atoms with Crippen molar-refractivity contribution in [3.63, 3.8) is 0 Å². The summed E-state index contributed by atoms with van der Waals surface area (Å²) in [6.07, 6.45) is 4.59. The lowest BCUT2D eigenvalue weighted by Gasteiger charge is -2.25. The summed E-state index contributed by atoms with van der Waals surface area (Å²) in [6.45, 7) is 3.60. The Morgan fingerprint density at radius 3 is 2.13 bits per heavy atom. The van der Waals surface area contributed by atoms with E-state index in [-0.39, 0.29) is 11.2 Å². The molecule has 0 aliphatic heterocycles. The molecule has 1 aliphatic rings. The zero-order valence-electron chi connectivity index (χ0n) is 9.44. The second-order valence-electron chi connectivity index (χ2n) is 4.64. The lowest BCUT2D eigenvalue weighted by Crippen LogP contribution is -2.35. The van der Waals surface area contributed by atoms with Crippen molar-refractivity contribution in [1.82, 2.24) is 0 Å². The van der Waals surface area contributed by atoms with E-state index in [2.05, 4.69) is 0 Å². The normalized spacial score (nSPS) is 21.2. The van der Waals surface area contributed by atoms with Gasteiger partial charge < -0.3 is 0 Å². The predicted molar refractivity (Wildman–Crippen MR) is 60.0 cm³/mol. The molecule has 1 unspecified atom stereocenters. The van der Waals surface area contributed by atoms with Crippen LogP contribution in [-0.4, -0.2) is 18.9 Å². The summed E-state index contributed by atoms with van der Waals surface area (Å²) in [5, 5.41) is 7.85. The molecule has 0 bridgehead atoms. The SMILES string of the molecule is CC(C)C(C#N)S(=O)(=O)C1CCCCC1. The Morgan fingerprint density at radius 1 is 1.20 bits per heavy atom. The van der Waals surface area contributed by atoms with E-state index in [1.54, 1.807) is 13.8 Å². The fraction of sp³-hybridized carbons (Fsp3) is 0.909. The number of hydrogen-bond donors (Lipinski definition) is 0. The monoisotopic (exact) mass is 229 g/mol. The summed E-state index contributed by atoms with van der Waals surface area (Å²) in [5.41, 5.74) is 0. The fourth-order valence-electron chi connectivity index (χ4n) is 2.20. The summed E-state index contributed by atoms with van der Waals surface area (Å²) in [5.74, 6) is -0.109. The summed E-state index contributed by atoms with van der Waals surface area (Å²) < 4.78 is 24.3. The van der Waals surface area contributed by atoms with Crippen molar-refractivity contribution in [1.29, 1.82) is 5.26 Å². The lowest BCUT2D eigenvalue weighted by atomic mass is 10.0. The molecular weight excluding hydrogens is 210 g/mol. The molecule has 3 nitrogen and oxygen atoms in total. The maximum atomic E-state index is 12.1. The quantitative estimate of drug-likeness (QED) is 0.746. The van der Waals surface area contributed by atoms with Crippen molar-refractivity contribution in [2.45, 2.75) is 56.5 Å². The van der Waals surface area contributed by atoms with Crippen molar-refractivity contribution in [2.75, 3.05) is 0 Å². The molecule has 1 atom stereocenters. The van der Waals surface area contributed by atoms with Crippen LogP contribution in [0.3, 0.4) is 0 Å². The molecule has 0 N–H and O–H groups in total. The van der Waals surface area contributed by atoms with Gasteiger partial charge in [0.05, 0.1) is 11.3 Å². The third-order valence-electron chi connectivity index (χ3n) is 3.10. The van der Waals surface area contributed by atoms with E-state index in [0.717, 1.165) is 32.1 Å². The van der Waals surface area contributed by atoms with Crippen LogP contribution in [-0.2, 0) is 9.84 Å². The molecule has 4 heteroatoms. The van der Waals surface area contributed by atoms with E-state index in [1.165, 1.54) is 0 Å². The molecule has 1 saturated carbocycles. The highest BCUT2D eigenvalue weighted by molar-refractivity contribution is 7.92. The van der Waals surface area contributed by atoms with E-state index in [9.17, 15) is 8.42 Å². The minimum Gasteiger partial charge on any atom is -0.227 e. The molecule has 1 aliphatic carbocycles. The Kier molecular flexibility index (Phi) is 4.15. The molecule has 0 aromatic heterocycles. The predicted octanol–water partition coefficient (Wildman–Crippen LogP) is 2.28. The summed E-state index contributed by atoms with van der Waals surface area (Å²) >= 11 is 0. The Labute approximate surface area is 92.4 Å². The van der Waals surface area contributed by atoms with Crippen LogP contribution in [0, 0.1) is 17.2 Å². The summed E-state index contributed by atoms with van der Waals surface area (Å²) in [4.78, 5) is 0. The molecule has 0 spiro atoms. The third kappa shape index (κ3) is 2.72. The topological polar surface area (TPSA) is 57.9 Å². The van der Waals surface area contributed by atoms with Crippen LogP contribution in [0.15, 0.2) is 0 Å². The van der Waals surface area contributed by atoms with Gasteiger partial charge in [0.25, 0.3) is 0 Å². The average molecular weight is 229 g/mol. The maximum absolute atomic E-state index is 12.1. The van der Waals surface area contributed by atoms with Crippen molar-refractivity contribution >= 4 is 9.84 Å². The van der Waals surface area contributed by atoms with Crippen LogP contribution < -0.4 is 0 Å². The largest absolute Gasteiger partial charge is 0.227 e. The van der Waals surface area contributed by atoms with Gasteiger partial charge in [-0.1, -0.05) is 33.1 Å². The molecule has 1 rings (SSSR count). The molecule has 1 fully saturated rings. The number of rotatable bonds is 3. The van der Waals surface area contributed by atoms with Crippen molar-refractivity contribution in [3.05, 3.63) is 0 Å². The molecule has 0 radical (unpaired) electrons. The molecule has 0 aromatic carbocycles. The molecule has 0 saturated heterocycles. The van der Waals surface area contributed by atoms with E-state index in [4.69, 9.17) is 5.26 Å². The van der Waals surface area contributed by atoms with Crippen molar-refractivity contribution in [2.24, 2.45) is 5.92 Å². The van der Waals surface area contributed by atoms with E-state index < -0.39 is 15.1 Å². The Bertz CT molecular complexity index is 334. The molecule has 15 heavy (non-hydrogen) atoms. The number of nitrogens with zero attached hydrogens (tertiary/aromatic N) is 1. The van der Waals surface area contributed by atoms with Gasteiger partial charge in [0.2, 0.25) is 0 Å².